The molecule has 1 saturated heterocycles. The molecule has 2 heterocycles. The fourth-order valence-electron chi connectivity index (χ4n) is 3.29. The number of thiazole rings is 1. The van der Waals surface area contributed by atoms with E-state index in [0.717, 1.165) is 60.5 Å². The van der Waals surface area contributed by atoms with Crippen molar-refractivity contribution in [2.24, 2.45) is 4.99 Å². The Kier molecular flexibility index (Phi) is 7.89. The summed E-state index contributed by atoms with van der Waals surface area (Å²) in [5.41, 5.74) is 3.41. The standard InChI is InChI=1S/C22H32N4O2S/c1-5-23-22(24-10-8-21-16(3)26-17(4)29-21)25-13-18-7-6-15(2)12-20(18)28-19-9-11-27-14-19/h6-7,12,19H,5,8-11,13-14H2,1-4H3,(H2,23,24,25). The van der Waals surface area contributed by atoms with Crippen molar-refractivity contribution in [3.8, 4) is 5.75 Å². The highest BCUT2D eigenvalue weighted by atomic mass is 32.1. The van der Waals surface area contributed by atoms with Crippen LogP contribution in [0, 0.1) is 20.8 Å². The van der Waals surface area contributed by atoms with Crippen LogP contribution < -0.4 is 15.4 Å². The normalized spacial score (nSPS) is 16.8. The number of aromatic nitrogens is 1. The Hall–Kier alpha value is -2.12. The van der Waals surface area contributed by atoms with Gasteiger partial charge in [0.25, 0.3) is 0 Å². The summed E-state index contributed by atoms with van der Waals surface area (Å²) in [5, 5.41) is 7.89. The second-order valence-corrected chi connectivity index (χ2v) is 8.62. The van der Waals surface area contributed by atoms with Crippen LogP contribution >= 0.6 is 11.3 Å². The van der Waals surface area contributed by atoms with Gasteiger partial charge in [0, 0.05) is 36.4 Å². The lowest BCUT2D eigenvalue weighted by Crippen LogP contribution is -2.38. The van der Waals surface area contributed by atoms with Gasteiger partial charge < -0.3 is 20.1 Å². The summed E-state index contributed by atoms with van der Waals surface area (Å²) >= 11 is 1.77. The molecule has 7 heteroatoms. The molecule has 2 aromatic rings. The molecule has 1 fully saturated rings. The smallest absolute Gasteiger partial charge is 0.191 e. The maximum atomic E-state index is 6.19. The molecule has 0 amide bonds. The van der Waals surface area contributed by atoms with E-state index in [0.29, 0.717) is 13.2 Å². The Bertz CT molecular complexity index is 828. The molecule has 1 aromatic heterocycles. The fraction of sp³-hybridized carbons (Fsp3) is 0.545. The van der Waals surface area contributed by atoms with E-state index in [1.165, 1.54) is 10.4 Å². The summed E-state index contributed by atoms with van der Waals surface area (Å²) in [6.45, 7) is 11.9. The summed E-state index contributed by atoms with van der Waals surface area (Å²) in [6.07, 6.45) is 2.02. The fourth-order valence-corrected chi connectivity index (χ4v) is 4.23. The molecule has 1 unspecified atom stereocenters. The minimum absolute atomic E-state index is 0.136. The Labute approximate surface area is 177 Å². The van der Waals surface area contributed by atoms with Crippen LogP contribution in [0.1, 0.15) is 40.1 Å². The molecule has 6 nitrogen and oxygen atoms in total. The zero-order valence-electron chi connectivity index (χ0n) is 17.9. The first kappa shape index (κ1) is 21.6. The molecule has 2 N–H and O–H groups in total. The highest BCUT2D eigenvalue weighted by Gasteiger charge is 2.18. The lowest BCUT2D eigenvalue weighted by Gasteiger charge is -2.16. The molecule has 1 aliphatic rings. The third kappa shape index (κ3) is 6.44. The first-order chi connectivity index (χ1) is 14.0. The zero-order valence-corrected chi connectivity index (χ0v) is 18.7. The maximum Gasteiger partial charge on any atom is 0.191 e. The van der Waals surface area contributed by atoms with E-state index in [1.54, 1.807) is 11.3 Å². The van der Waals surface area contributed by atoms with Gasteiger partial charge in [-0.2, -0.15) is 0 Å². The van der Waals surface area contributed by atoms with Crippen molar-refractivity contribution in [3.63, 3.8) is 0 Å². The van der Waals surface area contributed by atoms with Crippen LogP contribution in [0.15, 0.2) is 23.2 Å². The summed E-state index contributed by atoms with van der Waals surface area (Å²) < 4.78 is 11.6. The number of rotatable bonds is 8. The van der Waals surface area contributed by atoms with Crippen molar-refractivity contribution in [1.82, 2.24) is 15.6 Å². The van der Waals surface area contributed by atoms with Gasteiger partial charge >= 0.3 is 0 Å². The van der Waals surface area contributed by atoms with Crippen LogP contribution in [0.25, 0.3) is 0 Å². The second-order valence-electron chi connectivity index (χ2n) is 7.33. The maximum absolute atomic E-state index is 6.19. The van der Waals surface area contributed by atoms with Crippen LogP contribution in [-0.2, 0) is 17.7 Å². The average Bonchev–Trinajstić information content (AvgIpc) is 3.30. The number of nitrogens with one attached hydrogen (secondary N) is 2. The highest BCUT2D eigenvalue weighted by Crippen LogP contribution is 2.24. The molecule has 0 bridgehead atoms. The molecule has 0 spiro atoms. The first-order valence-corrected chi connectivity index (χ1v) is 11.2. The SMILES string of the molecule is CCNC(=NCc1ccc(C)cc1OC1CCOC1)NCCc1sc(C)nc1C. The number of ether oxygens (including phenoxy) is 2. The van der Waals surface area contributed by atoms with Crippen molar-refractivity contribution in [2.45, 2.75) is 53.2 Å². The molecular formula is C22H32N4O2S. The predicted octanol–water partition coefficient (Wildman–Crippen LogP) is 3.53. The van der Waals surface area contributed by atoms with Crippen molar-refractivity contribution in [3.05, 3.63) is 44.9 Å². The van der Waals surface area contributed by atoms with Crippen molar-refractivity contribution in [1.29, 1.82) is 0 Å². The topological polar surface area (TPSA) is 67.8 Å². The molecule has 0 saturated carbocycles. The van der Waals surface area contributed by atoms with Crippen molar-refractivity contribution >= 4 is 17.3 Å². The molecule has 1 aliphatic heterocycles. The Morgan fingerprint density at radius 3 is 2.86 bits per heavy atom. The first-order valence-electron chi connectivity index (χ1n) is 10.3. The van der Waals surface area contributed by atoms with Crippen LogP contribution in [0.2, 0.25) is 0 Å². The number of aryl methyl sites for hydroxylation is 3. The molecular weight excluding hydrogens is 384 g/mol. The van der Waals surface area contributed by atoms with E-state index < -0.39 is 0 Å². The van der Waals surface area contributed by atoms with E-state index in [2.05, 4.69) is 61.5 Å². The number of guanidine groups is 1. The van der Waals surface area contributed by atoms with Crippen LogP contribution in [0.4, 0.5) is 0 Å². The van der Waals surface area contributed by atoms with Crippen LogP contribution in [0.3, 0.4) is 0 Å². The third-order valence-corrected chi connectivity index (χ3v) is 5.93. The summed E-state index contributed by atoms with van der Waals surface area (Å²) in [5.74, 6) is 1.73. The van der Waals surface area contributed by atoms with Crippen LogP contribution in [0.5, 0.6) is 5.75 Å². The van der Waals surface area contributed by atoms with E-state index in [1.807, 2.05) is 0 Å². The van der Waals surface area contributed by atoms with Gasteiger partial charge in [-0.15, -0.1) is 11.3 Å². The quantitative estimate of drug-likeness (QED) is 0.509. The van der Waals surface area contributed by atoms with Gasteiger partial charge in [-0.25, -0.2) is 9.98 Å². The molecule has 0 aliphatic carbocycles. The van der Waals surface area contributed by atoms with E-state index >= 15 is 0 Å². The lowest BCUT2D eigenvalue weighted by atomic mass is 10.1. The van der Waals surface area contributed by atoms with Gasteiger partial charge in [-0.1, -0.05) is 12.1 Å². The summed E-state index contributed by atoms with van der Waals surface area (Å²) in [6, 6.07) is 6.31. The van der Waals surface area contributed by atoms with Gasteiger partial charge in [-0.3, -0.25) is 0 Å². The minimum atomic E-state index is 0.136. The molecule has 3 rings (SSSR count). The second kappa shape index (κ2) is 10.6. The molecule has 1 aromatic carbocycles. The monoisotopic (exact) mass is 416 g/mol. The van der Waals surface area contributed by atoms with E-state index in [4.69, 9.17) is 14.5 Å². The van der Waals surface area contributed by atoms with Gasteiger partial charge in [0.15, 0.2) is 5.96 Å². The number of hydrogen-bond acceptors (Lipinski definition) is 5. The van der Waals surface area contributed by atoms with Crippen LogP contribution in [-0.4, -0.2) is 43.4 Å². The van der Waals surface area contributed by atoms with Gasteiger partial charge in [-0.05, 0) is 39.3 Å². The van der Waals surface area contributed by atoms with Gasteiger partial charge in [0.2, 0.25) is 0 Å². The van der Waals surface area contributed by atoms with Crippen molar-refractivity contribution in [2.75, 3.05) is 26.3 Å². The van der Waals surface area contributed by atoms with Gasteiger partial charge in [0.05, 0.1) is 30.5 Å². The summed E-state index contributed by atoms with van der Waals surface area (Å²) in [4.78, 5) is 10.6. The Morgan fingerprint density at radius 1 is 1.31 bits per heavy atom. The largest absolute Gasteiger partial charge is 0.488 e. The number of aliphatic imine (C=N–C) groups is 1. The minimum Gasteiger partial charge on any atom is -0.488 e. The average molecular weight is 417 g/mol. The lowest BCUT2D eigenvalue weighted by molar-refractivity contribution is 0.140. The molecule has 1 atom stereocenters. The number of benzene rings is 1. The number of hydrogen-bond donors (Lipinski definition) is 2. The highest BCUT2D eigenvalue weighted by molar-refractivity contribution is 7.11. The third-order valence-electron chi connectivity index (χ3n) is 4.80. The predicted molar refractivity (Wildman–Crippen MR) is 119 cm³/mol. The molecule has 158 valence electrons. The van der Waals surface area contributed by atoms with E-state index in [-0.39, 0.29) is 6.10 Å². The zero-order chi connectivity index (χ0) is 20.6. The van der Waals surface area contributed by atoms with Crippen molar-refractivity contribution < 1.29 is 9.47 Å². The molecule has 0 radical (unpaired) electrons. The number of nitrogens with zero attached hydrogens (tertiary/aromatic N) is 2. The summed E-state index contributed by atoms with van der Waals surface area (Å²) in [7, 11) is 0. The van der Waals surface area contributed by atoms with E-state index in [9.17, 15) is 0 Å². The Morgan fingerprint density at radius 2 is 2.17 bits per heavy atom. The van der Waals surface area contributed by atoms with Gasteiger partial charge in [0.1, 0.15) is 11.9 Å². The Balaban J connectivity index is 1.62. The molecule has 29 heavy (non-hydrogen) atoms.